The molecule has 1 unspecified atom stereocenters. The number of carbonyl (C=O) groups excluding carboxylic acids is 2. The number of rotatable bonds is 5. The number of hydrogen-bond acceptors (Lipinski definition) is 7. The summed E-state index contributed by atoms with van der Waals surface area (Å²) in [4.78, 5) is 29.5. The molecule has 0 bridgehead atoms. The van der Waals surface area contributed by atoms with Gasteiger partial charge in [0.1, 0.15) is 11.5 Å². The van der Waals surface area contributed by atoms with Crippen molar-refractivity contribution in [3.63, 3.8) is 0 Å². The Morgan fingerprint density at radius 2 is 2.03 bits per heavy atom. The summed E-state index contributed by atoms with van der Waals surface area (Å²) in [6, 6.07) is 10.3. The molecular weight excluding hydrogens is 393 g/mol. The smallest absolute Gasteiger partial charge is 0.339 e. The first-order chi connectivity index (χ1) is 14.4. The van der Waals surface area contributed by atoms with Gasteiger partial charge >= 0.3 is 5.97 Å². The van der Waals surface area contributed by atoms with E-state index in [4.69, 9.17) is 13.7 Å². The number of aryl methyl sites for hydroxylation is 1. The molecule has 9 heteroatoms. The van der Waals surface area contributed by atoms with E-state index in [2.05, 4.69) is 15.5 Å². The van der Waals surface area contributed by atoms with Crippen molar-refractivity contribution in [2.45, 2.75) is 20.0 Å². The van der Waals surface area contributed by atoms with Gasteiger partial charge in [0, 0.05) is 5.69 Å². The highest BCUT2D eigenvalue weighted by Crippen LogP contribution is 2.28. The first-order valence-electron chi connectivity index (χ1n) is 9.00. The Balaban J connectivity index is 1.59. The SMILES string of the molecule is Cc1noc2nc(-c3ccco3)cc(C(=O)OC(C)C(=O)Nc3cccc(F)c3)c12. The molecule has 4 rings (SSSR count). The van der Waals surface area contributed by atoms with E-state index < -0.39 is 23.8 Å². The molecule has 0 fully saturated rings. The number of nitrogens with zero attached hydrogens (tertiary/aromatic N) is 2. The van der Waals surface area contributed by atoms with Gasteiger partial charge in [-0.2, -0.15) is 0 Å². The van der Waals surface area contributed by atoms with Crippen LogP contribution in [0.3, 0.4) is 0 Å². The van der Waals surface area contributed by atoms with Crippen molar-refractivity contribution in [3.05, 3.63) is 65.8 Å². The number of carbonyl (C=O) groups is 2. The van der Waals surface area contributed by atoms with E-state index in [-0.39, 0.29) is 17.0 Å². The maximum absolute atomic E-state index is 13.3. The lowest BCUT2D eigenvalue weighted by Crippen LogP contribution is -2.30. The summed E-state index contributed by atoms with van der Waals surface area (Å²) in [6.07, 6.45) is 0.333. The van der Waals surface area contributed by atoms with E-state index in [0.29, 0.717) is 22.5 Å². The summed E-state index contributed by atoms with van der Waals surface area (Å²) in [6.45, 7) is 3.08. The Morgan fingerprint density at radius 1 is 1.20 bits per heavy atom. The summed E-state index contributed by atoms with van der Waals surface area (Å²) >= 11 is 0. The Kier molecular flexibility index (Phi) is 5.01. The van der Waals surface area contributed by atoms with E-state index >= 15 is 0 Å². The predicted octanol–water partition coefficient (Wildman–Crippen LogP) is 4.11. The molecule has 1 aromatic carbocycles. The lowest BCUT2D eigenvalue weighted by Gasteiger charge is -2.14. The number of hydrogen-bond donors (Lipinski definition) is 1. The van der Waals surface area contributed by atoms with Gasteiger partial charge in [-0.25, -0.2) is 14.2 Å². The molecule has 1 amide bonds. The van der Waals surface area contributed by atoms with Crippen molar-refractivity contribution >= 4 is 28.7 Å². The van der Waals surface area contributed by atoms with Crippen LogP contribution in [0.1, 0.15) is 23.0 Å². The van der Waals surface area contributed by atoms with Crippen molar-refractivity contribution in [3.8, 4) is 11.5 Å². The van der Waals surface area contributed by atoms with Crippen molar-refractivity contribution < 1.29 is 27.7 Å². The fraction of sp³-hybridized carbons (Fsp3) is 0.143. The average molecular weight is 409 g/mol. The van der Waals surface area contributed by atoms with Gasteiger partial charge in [0.05, 0.1) is 22.9 Å². The molecule has 3 heterocycles. The van der Waals surface area contributed by atoms with E-state index in [1.54, 1.807) is 19.1 Å². The van der Waals surface area contributed by atoms with Crippen LogP contribution in [0, 0.1) is 12.7 Å². The zero-order chi connectivity index (χ0) is 21.3. The molecule has 1 N–H and O–H groups in total. The first-order valence-corrected chi connectivity index (χ1v) is 9.00. The van der Waals surface area contributed by atoms with Crippen molar-refractivity contribution in [1.29, 1.82) is 0 Å². The van der Waals surface area contributed by atoms with Gasteiger partial charge in [0.15, 0.2) is 11.9 Å². The third-order valence-corrected chi connectivity index (χ3v) is 4.36. The largest absolute Gasteiger partial charge is 0.463 e. The van der Waals surface area contributed by atoms with Crippen LogP contribution in [0.4, 0.5) is 10.1 Å². The Labute approximate surface area is 169 Å². The molecule has 8 nitrogen and oxygen atoms in total. The second kappa shape index (κ2) is 7.78. The molecule has 1 atom stereocenters. The first kappa shape index (κ1) is 19.3. The number of aromatic nitrogens is 2. The maximum Gasteiger partial charge on any atom is 0.339 e. The summed E-state index contributed by atoms with van der Waals surface area (Å²) in [5.74, 6) is -1.43. The summed E-state index contributed by atoms with van der Waals surface area (Å²) in [7, 11) is 0. The van der Waals surface area contributed by atoms with Gasteiger partial charge in [-0.15, -0.1) is 0 Å². The second-order valence-corrected chi connectivity index (χ2v) is 6.53. The zero-order valence-electron chi connectivity index (χ0n) is 16.0. The molecule has 0 aliphatic heterocycles. The van der Waals surface area contributed by atoms with Crippen molar-refractivity contribution in [2.24, 2.45) is 0 Å². The van der Waals surface area contributed by atoms with Gasteiger partial charge in [0.25, 0.3) is 11.6 Å². The van der Waals surface area contributed by atoms with Crippen LogP contribution in [0.2, 0.25) is 0 Å². The Hall–Kier alpha value is -4.01. The van der Waals surface area contributed by atoms with Crippen LogP contribution in [0.5, 0.6) is 0 Å². The topological polar surface area (TPSA) is 107 Å². The number of amides is 1. The van der Waals surface area contributed by atoms with Crippen LogP contribution < -0.4 is 5.32 Å². The minimum Gasteiger partial charge on any atom is -0.463 e. The van der Waals surface area contributed by atoms with Gasteiger partial charge in [-0.1, -0.05) is 11.2 Å². The normalized spacial score (nSPS) is 12.0. The minimum atomic E-state index is -1.14. The second-order valence-electron chi connectivity index (χ2n) is 6.53. The summed E-state index contributed by atoms with van der Waals surface area (Å²) < 4.78 is 29.2. The van der Waals surface area contributed by atoms with Gasteiger partial charge < -0.3 is 19.0 Å². The Morgan fingerprint density at radius 3 is 2.77 bits per heavy atom. The molecule has 0 saturated heterocycles. The fourth-order valence-corrected chi connectivity index (χ4v) is 2.89. The number of ether oxygens (including phenoxy) is 1. The Bertz CT molecular complexity index is 1230. The lowest BCUT2D eigenvalue weighted by molar-refractivity contribution is -0.123. The third-order valence-electron chi connectivity index (χ3n) is 4.36. The van der Waals surface area contributed by atoms with E-state index in [9.17, 15) is 14.0 Å². The molecule has 0 aliphatic rings. The standard InChI is InChI=1S/C21H16FN3O5/c1-11-18-15(10-16(17-7-4-8-28-17)24-20(18)30-25-11)21(27)29-12(2)19(26)23-14-6-3-5-13(22)9-14/h3-10,12H,1-2H3,(H,23,26). The quantitative estimate of drug-likeness (QED) is 0.494. The monoisotopic (exact) mass is 409 g/mol. The highest BCUT2D eigenvalue weighted by atomic mass is 19.1. The third kappa shape index (κ3) is 3.77. The molecule has 0 aliphatic carbocycles. The molecule has 0 saturated carbocycles. The highest BCUT2D eigenvalue weighted by molar-refractivity contribution is 6.05. The van der Waals surface area contributed by atoms with E-state index in [1.165, 1.54) is 37.5 Å². The summed E-state index contributed by atoms with van der Waals surface area (Å²) in [5, 5.41) is 6.73. The maximum atomic E-state index is 13.3. The minimum absolute atomic E-state index is 0.135. The predicted molar refractivity (Wildman–Crippen MR) is 104 cm³/mol. The number of benzene rings is 1. The number of pyridine rings is 1. The molecule has 0 radical (unpaired) electrons. The fourth-order valence-electron chi connectivity index (χ4n) is 2.89. The van der Waals surface area contributed by atoms with Crippen LogP contribution in [0.15, 0.2) is 57.7 Å². The zero-order valence-corrected chi connectivity index (χ0v) is 16.0. The molecular formula is C21H16FN3O5. The number of halogens is 1. The molecule has 152 valence electrons. The van der Waals surface area contributed by atoms with Crippen LogP contribution in [0.25, 0.3) is 22.6 Å². The van der Waals surface area contributed by atoms with E-state index in [1.807, 2.05) is 0 Å². The number of anilines is 1. The van der Waals surface area contributed by atoms with Crippen LogP contribution in [-0.4, -0.2) is 28.1 Å². The van der Waals surface area contributed by atoms with Gasteiger partial charge in [0.2, 0.25) is 0 Å². The van der Waals surface area contributed by atoms with Crippen molar-refractivity contribution in [2.75, 3.05) is 5.32 Å². The number of fused-ring (bicyclic) bond motifs is 1. The van der Waals surface area contributed by atoms with E-state index in [0.717, 1.165) is 6.07 Å². The number of furan rings is 1. The average Bonchev–Trinajstić information content (AvgIpc) is 3.37. The van der Waals surface area contributed by atoms with Gasteiger partial charge in [-0.05, 0) is 50.2 Å². The van der Waals surface area contributed by atoms with Crippen molar-refractivity contribution in [1.82, 2.24) is 10.1 Å². The molecule has 0 spiro atoms. The van der Waals surface area contributed by atoms with Gasteiger partial charge in [-0.3, -0.25) is 4.79 Å². The molecule has 4 aromatic rings. The highest BCUT2D eigenvalue weighted by Gasteiger charge is 2.25. The number of nitrogens with one attached hydrogen (secondary N) is 1. The number of esters is 1. The lowest BCUT2D eigenvalue weighted by atomic mass is 10.1. The summed E-state index contributed by atoms with van der Waals surface area (Å²) in [5.41, 5.74) is 1.34. The van der Waals surface area contributed by atoms with Crippen LogP contribution in [-0.2, 0) is 9.53 Å². The van der Waals surface area contributed by atoms with Crippen LogP contribution >= 0.6 is 0 Å². The molecule has 3 aromatic heterocycles. The molecule has 30 heavy (non-hydrogen) atoms.